The minimum atomic E-state index is 0.593. The molecule has 1 aromatic carbocycles. The number of benzene rings is 1. The van der Waals surface area contributed by atoms with Crippen molar-refractivity contribution in [1.29, 1.82) is 0 Å². The molecule has 2 rings (SSSR count). The Hall–Kier alpha value is -1.41. The zero-order valence-electron chi connectivity index (χ0n) is 6.92. The maximum Gasteiger partial charge on any atom is 0.0635 e. The lowest BCUT2D eigenvalue weighted by molar-refractivity contribution is 1.40. The zero-order valence-corrected chi connectivity index (χ0v) is 7.68. The van der Waals surface area contributed by atoms with Gasteiger partial charge in [-0.25, -0.2) is 0 Å². The van der Waals surface area contributed by atoms with Crippen LogP contribution in [0.4, 0.5) is 5.69 Å². The number of hydrogen-bond acceptors (Lipinski definition) is 1. The SMILES string of the molecule is Nc1cc(-c2ccc[nH]2)ccc1Cl. The van der Waals surface area contributed by atoms with Crippen molar-refractivity contribution in [1.82, 2.24) is 4.98 Å². The van der Waals surface area contributed by atoms with Crippen LogP contribution in [0, 0.1) is 0 Å². The average molecular weight is 193 g/mol. The van der Waals surface area contributed by atoms with Gasteiger partial charge in [0.15, 0.2) is 0 Å². The van der Waals surface area contributed by atoms with Crippen LogP contribution in [0.5, 0.6) is 0 Å². The Morgan fingerprint density at radius 1 is 1.23 bits per heavy atom. The van der Waals surface area contributed by atoms with Crippen LogP contribution < -0.4 is 5.73 Å². The Kier molecular flexibility index (Phi) is 1.99. The molecule has 0 bridgehead atoms. The molecule has 0 amide bonds. The molecule has 0 fully saturated rings. The first-order chi connectivity index (χ1) is 6.27. The number of nitrogen functional groups attached to an aromatic ring is 1. The summed E-state index contributed by atoms with van der Waals surface area (Å²) in [5.41, 5.74) is 8.38. The van der Waals surface area contributed by atoms with Crippen molar-refractivity contribution in [3.05, 3.63) is 41.6 Å². The van der Waals surface area contributed by atoms with Gasteiger partial charge in [-0.2, -0.15) is 0 Å². The summed E-state index contributed by atoms with van der Waals surface area (Å²) in [6, 6.07) is 9.52. The van der Waals surface area contributed by atoms with Gasteiger partial charge in [-0.05, 0) is 24.3 Å². The summed E-state index contributed by atoms with van der Waals surface area (Å²) in [5.74, 6) is 0. The zero-order chi connectivity index (χ0) is 9.26. The number of aromatic amines is 1. The van der Waals surface area contributed by atoms with E-state index in [1.807, 2.05) is 30.5 Å². The fourth-order valence-electron chi connectivity index (χ4n) is 1.22. The van der Waals surface area contributed by atoms with Crippen molar-refractivity contribution >= 4 is 17.3 Å². The molecule has 3 N–H and O–H groups in total. The van der Waals surface area contributed by atoms with E-state index in [1.54, 1.807) is 6.07 Å². The molecule has 1 aromatic heterocycles. The number of nitrogens with one attached hydrogen (secondary N) is 1. The second-order valence-corrected chi connectivity index (χ2v) is 3.23. The van der Waals surface area contributed by atoms with E-state index < -0.39 is 0 Å². The van der Waals surface area contributed by atoms with Crippen LogP contribution in [-0.2, 0) is 0 Å². The van der Waals surface area contributed by atoms with E-state index >= 15 is 0 Å². The topological polar surface area (TPSA) is 41.8 Å². The summed E-state index contributed by atoms with van der Waals surface area (Å²) >= 11 is 5.81. The highest BCUT2D eigenvalue weighted by Crippen LogP contribution is 2.25. The Balaban J connectivity index is 2.49. The molecule has 2 aromatic rings. The summed E-state index contributed by atoms with van der Waals surface area (Å²) in [7, 11) is 0. The smallest absolute Gasteiger partial charge is 0.0635 e. The van der Waals surface area contributed by atoms with Crippen LogP contribution in [0.2, 0.25) is 5.02 Å². The third-order valence-electron chi connectivity index (χ3n) is 1.90. The number of nitrogens with two attached hydrogens (primary N) is 1. The van der Waals surface area contributed by atoms with Gasteiger partial charge in [0, 0.05) is 17.5 Å². The van der Waals surface area contributed by atoms with E-state index in [9.17, 15) is 0 Å². The number of halogens is 1. The molecule has 0 aliphatic carbocycles. The summed E-state index contributed by atoms with van der Waals surface area (Å²) in [6.45, 7) is 0. The summed E-state index contributed by atoms with van der Waals surface area (Å²) in [4.78, 5) is 3.10. The molecule has 0 aliphatic heterocycles. The lowest BCUT2D eigenvalue weighted by Gasteiger charge is -2.01. The molecular weight excluding hydrogens is 184 g/mol. The molecule has 0 spiro atoms. The van der Waals surface area contributed by atoms with Crippen molar-refractivity contribution in [2.24, 2.45) is 0 Å². The highest BCUT2D eigenvalue weighted by Gasteiger charge is 2.00. The van der Waals surface area contributed by atoms with E-state index in [-0.39, 0.29) is 0 Å². The molecular formula is C10H9ClN2. The highest BCUT2D eigenvalue weighted by atomic mass is 35.5. The predicted molar refractivity (Wildman–Crippen MR) is 55.7 cm³/mol. The molecule has 66 valence electrons. The maximum absolute atomic E-state index is 5.81. The van der Waals surface area contributed by atoms with Crippen LogP contribution in [0.3, 0.4) is 0 Å². The lowest BCUT2D eigenvalue weighted by atomic mass is 10.1. The summed E-state index contributed by atoms with van der Waals surface area (Å²) in [6.07, 6.45) is 1.88. The molecule has 13 heavy (non-hydrogen) atoms. The number of aromatic nitrogens is 1. The minimum Gasteiger partial charge on any atom is -0.398 e. The standard InChI is InChI=1S/C10H9ClN2/c11-8-4-3-7(6-9(8)12)10-2-1-5-13-10/h1-6,13H,12H2. The van der Waals surface area contributed by atoms with Gasteiger partial charge in [0.2, 0.25) is 0 Å². The lowest BCUT2D eigenvalue weighted by Crippen LogP contribution is -1.87. The molecule has 0 radical (unpaired) electrons. The number of rotatable bonds is 1. The van der Waals surface area contributed by atoms with Gasteiger partial charge < -0.3 is 10.7 Å². The van der Waals surface area contributed by atoms with E-state index in [2.05, 4.69) is 4.98 Å². The third kappa shape index (κ3) is 1.53. The van der Waals surface area contributed by atoms with Crippen LogP contribution in [0.15, 0.2) is 36.5 Å². The van der Waals surface area contributed by atoms with E-state index in [0.717, 1.165) is 11.3 Å². The monoisotopic (exact) mass is 192 g/mol. The number of H-pyrrole nitrogens is 1. The molecule has 0 saturated heterocycles. The van der Waals surface area contributed by atoms with Crippen molar-refractivity contribution in [3.8, 4) is 11.3 Å². The summed E-state index contributed by atoms with van der Waals surface area (Å²) < 4.78 is 0. The molecule has 0 unspecified atom stereocenters. The summed E-state index contributed by atoms with van der Waals surface area (Å²) in [5, 5.41) is 0.593. The van der Waals surface area contributed by atoms with Gasteiger partial charge in [-0.1, -0.05) is 17.7 Å². The van der Waals surface area contributed by atoms with Crippen LogP contribution >= 0.6 is 11.6 Å². The number of anilines is 1. The van der Waals surface area contributed by atoms with E-state index in [0.29, 0.717) is 10.7 Å². The first-order valence-corrected chi connectivity index (χ1v) is 4.34. The van der Waals surface area contributed by atoms with E-state index in [4.69, 9.17) is 17.3 Å². The van der Waals surface area contributed by atoms with Gasteiger partial charge in [0.05, 0.1) is 10.7 Å². The fourth-order valence-corrected chi connectivity index (χ4v) is 1.34. The average Bonchev–Trinajstić information content (AvgIpc) is 2.62. The van der Waals surface area contributed by atoms with Crippen molar-refractivity contribution in [3.63, 3.8) is 0 Å². The second-order valence-electron chi connectivity index (χ2n) is 2.82. The second kappa shape index (κ2) is 3.15. The first-order valence-electron chi connectivity index (χ1n) is 3.96. The van der Waals surface area contributed by atoms with Crippen molar-refractivity contribution in [2.75, 3.05) is 5.73 Å². The third-order valence-corrected chi connectivity index (χ3v) is 2.25. The Labute approximate surface area is 81.3 Å². The highest BCUT2D eigenvalue weighted by molar-refractivity contribution is 6.33. The van der Waals surface area contributed by atoms with Crippen molar-refractivity contribution in [2.45, 2.75) is 0 Å². The largest absolute Gasteiger partial charge is 0.398 e. The van der Waals surface area contributed by atoms with Gasteiger partial charge in [-0.15, -0.1) is 0 Å². The van der Waals surface area contributed by atoms with E-state index in [1.165, 1.54) is 0 Å². The fraction of sp³-hybridized carbons (Fsp3) is 0. The van der Waals surface area contributed by atoms with Crippen molar-refractivity contribution < 1.29 is 0 Å². The van der Waals surface area contributed by atoms with Gasteiger partial charge in [-0.3, -0.25) is 0 Å². The molecule has 0 aliphatic rings. The molecule has 2 nitrogen and oxygen atoms in total. The Bertz CT molecular complexity index is 407. The van der Waals surface area contributed by atoms with Crippen LogP contribution in [0.1, 0.15) is 0 Å². The van der Waals surface area contributed by atoms with Gasteiger partial charge in [0.25, 0.3) is 0 Å². The van der Waals surface area contributed by atoms with Gasteiger partial charge >= 0.3 is 0 Å². The number of hydrogen-bond donors (Lipinski definition) is 2. The minimum absolute atomic E-state index is 0.593. The molecule has 0 atom stereocenters. The quantitative estimate of drug-likeness (QED) is 0.671. The maximum atomic E-state index is 5.81. The first kappa shape index (κ1) is 8.20. The molecule has 3 heteroatoms. The predicted octanol–water partition coefficient (Wildman–Crippen LogP) is 2.92. The normalized spacial score (nSPS) is 10.2. The van der Waals surface area contributed by atoms with Crippen LogP contribution in [0.25, 0.3) is 11.3 Å². The molecule has 1 heterocycles. The van der Waals surface area contributed by atoms with Crippen LogP contribution in [-0.4, -0.2) is 4.98 Å². The molecule has 0 saturated carbocycles. The Morgan fingerprint density at radius 3 is 2.69 bits per heavy atom. The van der Waals surface area contributed by atoms with Gasteiger partial charge in [0.1, 0.15) is 0 Å². The Morgan fingerprint density at radius 2 is 2.08 bits per heavy atom.